The number of hydrogen-bond donors (Lipinski definition) is 2. The van der Waals surface area contributed by atoms with E-state index in [0.717, 1.165) is 54.3 Å². The Hall–Kier alpha value is -1.57. The third-order valence-corrected chi connectivity index (χ3v) is 4.66. The lowest BCUT2D eigenvalue weighted by Crippen LogP contribution is -2.38. The number of rotatable bonds is 4. The lowest BCUT2D eigenvalue weighted by molar-refractivity contribution is -0.117. The van der Waals surface area contributed by atoms with Crippen molar-refractivity contribution in [2.75, 3.05) is 32.0 Å². The molecule has 2 heterocycles. The minimum absolute atomic E-state index is 0.000191. The molecule has 0 bridgehead atoms. The quantitative estimate of drug-likeness (QED) is 0.909. The van der Waals surface area contributed by atoms with Gasteiger partial charge in [0.25, 0.3) is 0 Å². The molecule has 0 spiro atoms. The molecule has 0 aromatic heterocycles. The van der Waals surface area contributed by atoms with Gasteiger partial charge in [-0.3, -0.25) is 9.69 Å². The maximum atomic E-state index is 12.3. The van der Waals surface area contributed by atoms with E-state index in [1.54, 1.807) is 0 Å². The highest BCUT2D eigenvalue weighted by Crippen LogP contribution is 2.38. The summed E-state index contributed by atoms with van der Waals surface area (Å²) in [6.45, 7) is 2.51. The maximum Gasteiger partial charge on any atom is 0.238 e. The molecule has 0 aliphatic carbocycles. The predicted octanol–water partition coefficient (Wildman–Crippen LogP) is 2.43. The molecule has 1 atom stereocenters. The van der Waals surface area contributed by atoms with E-state index in [1.165, 1.54) is 6.42 Å². The van der Waals surface area contributed by atoms with Crippen LogP contribution in [0, 0.1) is 0 Å². The minimum Gasteiger partial charge on any atom is -0.323 e. The van der Waals surface area contributed by atoms with E-state index < -0.39 is 0 Å². The largest absolute Gasteiger partial charge is 0.323 e. The molecule has 2 aliphatic rings. The highest BCUT2D eigenvalue weighted by molar-refractivity contribution is 7.58. The first-order valence-corrected chi connectivity index (χ1v) is 8.39. The molecule has 1 saturated heterocycles. The molecule has 0 radical (unpaired) electrons. The van der Waals surface area contributed by atoms with Crippen molar-refractivity contribution in [1.82, 2.24) is 10.2 Å². The van der Waals surface area contributed by atoms with Crippen LogP contribution in [0.25, 0.3) is 0 Å². The van der Waals surface area contributed by atoms with Gasteiger partial charge in [-0.1, -0.05) is 6.07 Å². The maximum absolute atomic E-state index is 12.3. The Balaban J connectivity index is 1.58. The van der Waals surface area contributed by atoms with E-state index in [1.807, 2.05) is 25.2 Å². The van der Waals surface area contributed by atoms with E-state index in [0.29, 0.717) is 12.6 Å². The Labute approximate surface area is 134 Å². The van der Waals surface area contributed by atoms with Crippen LogP contribution in [0.15, 0.2) is 26.9 Å². The van der Waals surface area contributed by atoms with Crippen molar-refractivity contribution >= 4 is 34.3 Å². The normalized spacial score (nSPS) is 20.4. The average molecular weight is 319 g/mol. The van der Waals surface area contributed by atoms with Gasteiger partial charge >= 0.3 is 0 Å². The molecule has 6 nitrogen and oxygen atoms in total. The fourth-order valence-electron chi connectivity index (χ4n) is 2.89. The number of likely N-dealkylation sites (N-methyl/N-ethyl adjacent to an activating group) is 1. The predicted molar refractivity (Wildman–Crippen MR) is 89.8 cm³/mol. The summed E-state index contributed by atoms with van der Waals surface area (Å²) in [5.41, 5.74) is 2.33. The fourth-order valence-corrected chi connectivity index (χ4v) is 3.44. The van der Waals surface area contributed by atoms with Crippen molar-refractivity contribution < 1.29 is 4.79 Å². The van der Waals surface area contributed by atoms with Crippen LogP contribution in [0.5, 0.6) is 0 Å². The van der Waals surface area contributed by atoms with Crippen molar-refractivity contribution in [2.24, 2.45) is 8.73 Å². The molecule has 2 N–H and O–H groups in total. The Bertz CT molecular complexity index is 618. The second-order valence-electron chi connectivity index (χ2n) is 5.74. The summed E-state index contributed by atoms with van der Waals surface area (Å²) in [6, 6.07) is 6.13. The van der Waals surface area contributed by atoms with Gasteiger partial charge in [0, 0.05) is 6.04 Å². The molecular formula is C15H21N5OS. The van der Waals surface area contributed by atoms with Gasteiger partial charge in [0.05, 0.1) is 23.6 Å². The zero-order valence-electron chi connectivity index (χ0n) is 12.7. The molecule has 7 heteroatoms. The van der Waals surface area contributed by atoms with Gasteiger partial charge in [0.1, 0.15) is 11.4 Å². The highest BCUT2D eigenvalue weighted by atomic mass is 32.1. The van der Waals surface area contributed by atoms with Crippen molar-refractivity contribution in [3.63, 3.8) is 0 Å². The molecule has 118 valence electrons. The number of carbonyl (C=O) groups excluding carboxylic acids is 1. The summed E-state index contributed by atoms with van der Waals surface area (Å²) in [7, 11) is 2.03. The van der Waals surface area contributed by atoms with Gasteiger partial charge in [-0.2, -0.15) is 8.73 Å². The summed E-state index contributed by atoms with van der Waals surface area (Å²) in [6.07, 6.45) is 3.40. The van der Waals surface area contributed by atoms with E-state index in [4.69, 9.17) is 0 Å². The van der Waals surface area contributed by atoms with Crippen LogP contribution < -0.4 is 10.6 Å². The lowest BCUT2D eigenvalue weighted by atomic mass is 10.1. The molecule has 1 fully saturated rings. The van der Waals surface area contributed by atoms with Crippen LogP contribution in [0.2, 0.25) is 0 Å². The number of nitrogens with zero attached hydrogens (tertiary/aromatic N) is 3. The third-order valence-electron chi connectivity index (χ3n) is 4.12. The monoisotopic (exact) mass is 319 g/mol. The Morgan fingerprint density at radius 3 is 3.23 bits per heavy atom. The van der Waals surface area contributed by atoms with Gasteiger partial charge in [0.15, 0.2) is 0 Å². The summed E-state index contributed by atoms with van der Waals surface area (Å²) in [4.78, 5) is 14.5. The average Bonchev–Trinajstić information content (AvgIpc) is 2.81. The molecule has 0 saturated carbocycles. The fraction of sp³-hybridized carbons (Fsp3) is 0.533. The number of benzene rings is 1. The molecular weight excluding hydrogens is 298 g/mol. The first-order valence-electron chi connectivity index (χ1n) is 7.66. The van der Waals surface area contributed by atoms with E-state index >= 15 is 0 Å². The zero-order chi connectivity index (χ0) is 15.4. The Kier molecular flexibility index (Phi) is 4.97. The SMILES string of the molecule is CN(CC(=O)Nc1cccc2c1N=S=N2)C1CCCNCC1. The first-order chi connectivity index (χ1) is 10.7. The van der Waals surface area contributed by atoms with Crippen LogP contribution in [0.1, 0.15) is 19.3 Å². The van der Waals surface area contributed by atoms with Gasteiger partial charge in [-0.05, 0) is 51.5 Å². The van der Waals surface area contributed by atoms with Crippen molar-refractivity contribution in [1.29, 1.82) is 0 Å². The van der Waals surface area contributed by atoms with Crippen LogP contribution in [-0.2, 0) is 16.1 Å². The van der Waals surface area contributed by atoms with Crippen LogP contribution in [0.4, 0.5) is 17.1 Å². The van der Waals surface area contributed by atoms with Crippen LogP contribution in [0.3, 0.4) is 0 Å². The van der Waals surface area contributed by atoms with E-state index in [9.17, 15) is 4.79 Å². The standard InChI is InChI=1S/C15H21N5OS/c1-20(11-4-3-8-16-9-7-11)10-14(21)17-12-5-2-6-13-15(12)19-22-18-13/h2,5-6,11,16H,3-4,7-10H2,1H3,(H,17,21). The third kappa shape index (κ3) is 3.60. The van der Waals surface area contributed by atoms with Gasteiger partial charge in [0.2, 0.25) is 5.91 Å². The number of fused-ring (bicyclic) bond motifs is 1. The molecule has 3 rings (SSSR count). The summed E-state index contributed by atoms with van der Waals surface area (Å²) in [5, 5.41) is 6.37. The molecule has 1 aromatic carbocycles. The zero-order valence-corrected chi connectivity index (χ0v) is 13.5. The Morgan fingerprint density at radius 1 is 1.41 bits per heavy atom. The highest BCUT2D eigenvalue weighted by Gasteiger charge is 2.20. The van der Waals surface area contributed by atoms with Crippen LogP contribution >= 0.6 is 0 Å². The van der Waals surface area contributed by atoms with Crippen molar-refractivity contribution in [3.8, 4) is 0 Å². The number of carbonyl (C=O) groups is 1. The molecule has 2 aliphatic heterocycles. The van der Waals surface area contributed by atoms with Gasteiger partial charge in [-0.25, -0.2) is 0 Å². The molecule has 1 amide bonds. The van der Waals surface area contributed by atoms with Crippen LogP contribution in [-0.4, -0.2) is 43.5 Å². The smallest absolute Gasteiger partial charge is 0.238 e. The number of hydrogen-bond acceptors (Lipinski definition) is 5. The molecule has 1 aromatic rings. The summed E-state index contributed by atoms with van der Waals surface area (Å²) < 4.78 is 8.44. The minimum atomic E-state index is 0.000191. The second-order valence-corrected chi connectivity index (χ2v) is 6.26. The number of nitrogens with one attached hydrogen (secondary N) is 2. The summed E-state index contributed by atoms with van der Waals surface area (Å²) in [5.74, 6) is 0.000191. The number of amides is 1. The molecule has 22 heavy (non-hydrogen) atoms. The topological polar surface area (TPSA) is 69.1 Å². The van der Waals surface area contributed by atoms with E-state index in [2.05, 4.69) is 24.3 Å². The summed E-state index contributed by atoms with van der Waals surface area (Å²) >= 11 is 1.16. The number of anilines is 1. The van der Waals surface area contributed by atoms with Crippen molar-refractivity contribution in [3.05, 3.63) is 18.2 Å². The lowest BCUT2D eigenvalue weighted by Gasteiger charge is -2.26. The van der Waals surface area contributed by atoms with E-state index in [-0.39, 0.29) is 5.91 Å². The Morgan fingerprint density at radius 2 is 2.32 bits per heavy atom. The van der Waals surface area contributed by atoms with Crippen molar-refractivity contribution in [2.45, 2.75) is 25.3 Å². The molecule has 1 unspecified atom stereocenters. The van der Waals surface area contributed by atoms with Gasteiger partial charge in [-0.15, -0.1) is 0 Å². The van der Waals surface area contributed by atoms with Gasteiger partial charge < -0.3 is 10.6 Å². The second kappa shape index (κ2) is 7.13. The first kappa shape index (κ1) is 15.3.